The average Bonchev–Trinajstić information content (AvgIpc) is 2.83. The zero-order valence-electron chi connectivity index (χ0n) is 18.4. The molecule has 0 unspecified atom stereocenters. The molecule has 170 valence electrons. The zero-order valence-corrected chi connectivity index (χ0v) is 19.2. The summed E-state index contributed by atoms with van der Waals surface area (Å²) in [6.07, 6.45) is 1.53. The Labute approximate surface area is 197 Å². The van der Waals surface area contributed by atoms with Gasteiger partial charge < -0.3 is 9.84 Å². The third-order valence-corrected chi connectivity index (χ3v) is 6.58. The number of methoxy groups -OCH3 is 1. The maximum absolute atomic E-state index is 13.3. The van der Waals surface area contributed by atoms with Crippen LogP contribution in [0.2, 0.25) is 0 Å². The largest absolute Gasteiger partial charge is 0.496 e. The highest BCUT2D eigenvalue weighted by Gasteiger charge is 2.21. The van der Waals surface area contributed by atoms with Crippen molar-refractivity contribution in [2.24, 2.45) is 0 Å². The summed E-state index contributed by atoms with van der Waals surface area (Å²) in [7, 11) is -2.48. The highest BCUT2D eigenvalue weighted by molar-refractivity contribution is 7.93. The number of nitrogens with one attached hydrogen (secondary N) is 1. The van der Waals surface area contributed by atoms with Crippen LogP contribution >= 0.6 is 0 Å². The number of pyridine rings is 1. The number of carboxylic acids is 1. The number of anilines is 1. The van der Waals surface area contributed by atoms with Crippen molar-refractivity contribution in [3.8, 4) is 17.6 Å². The molecule has 0 saturated carbocycles. The molecule has 0 saturated heterocycles. The first-order valence-corrected chi connectivity index (χ1v) is 11.7. The second-order valence-electron chi connectivity index (χ2n) is 7.40. The van der Waals surface area contributed by atoms with Gasteiger partial charge in [0.25, 0.3) is 10.0 Å². The van der Waals surface area contributed by atoms with Crippen molar-refractivity contribution in [2.75, 3.05) is 11.8 Å². The molecule has 0 atom stereocenters. The first-order chi connectivity index (χ1) is 16.3. The predicted molar refractivity (Wildman–Crippen MR) is 130 cm³/mol. The summed E-state index contributed by atoms with van der Waals surface area (Å²) in [6, 6.07) is 18.0. The molecule has 34 heavy (non-hydrogen) atoms. The van der Waals surface area contributed by atoms with Gasteiger partial charge in [0.2, 0.25) is 0 Å². The minimum absolute atomic E-state index is 0.0202. The number of benzene rings is 3. The van der Waals surface area contributed by atoms with Gasteiger partial charge in [-0.3, -0.25) is 9.71 Å². The van der Waals surface area contributed by atoms with Crippen LogP contribution in [0.5, 0.6) is 5.75 Å². The van der Waals surface area contributed by atoms with Gasteiger partial charge in [-0.25, -0.2) is 13.2 Å². The summed E-state index contributed by atoms with van der Waals surface area (Å²) >= 11 is 0. The molecule has 1 heterocycles. The molecule has 0 fully saturated rings. The molecule has 2 N–H and O–H groups in total. The van der Waals surface area contributed by atoms with Crippen LogP contribution < -0.4 is 9.46 Å². The van der Waals surface area contributed by atoms with E-state index in [4.69, 9.17) is 9.84 Å². The first-order valence-electron chi connectivity index (χ1n) is 10.2. The molecular weight excluding hydrogens is 452 g/mol. The number of rotatable bonds is 5. The predicted octanol–water partition coefficient (Wildman–Crippen LogP) is 4.45. The van der Waals surface area contributed by atoms with Crippen molar-refractivity contribution >= 4 is 32.6 Å². The smallest absolute Gasteiger partial charge is 0.335 e. The van der Waals surface area contributed by atoms with E-state index in [1.165, 1.54) is 25.4 Å². The molecule has 4 rings (SSSR count). The van der Waals surface area contributed by atoms with E-state index in [1.807, 2.05) is 0 Å². The van der Waals surface area contributed by atoms with E-state index < -0.39 is 16.0 Å². The maximum Gasteiger partial charge on any atom is 0.335 e. The molecule has 8 heteroatoms. The van der Waals surface area contributed by atoms with E-state index >= 15 is 0 Å². The Balaban J connectivity index is 1.71. The summed E-state index contributed by atoms with van der Waals surface area (Å²) in [5.41, 5.74) is 2.62. The van der Waals surface area contributed by atoms with Crippen molar-refractivity contribution < 1.29 is 23.1 Å². The van der Waals surface area contributed by atoms with Crippen molar-refractivity contribution in [3.05, 3.63) is 95.2 Å². The van der Waals surface area contributed by atoms with Crippen LogP contribution in [0.15, 0.2) is 77.8 Å². The number of sulfonamides is 1. The number of carboxylic acid groups (broad SMARTS) is 1. The number of aryl methyl sites for hydroxylation is 1. The SMILES string of the molecule is COc1ccc(S(=O)(=O)Nc2ccccc2C#Cc2ccc(C(=O)O)cc2C)c2ncccc12. The first kappa shape index (κ1) is 22.8. The van der Waals surface area contributed by atoms with E-state index in [0.29, 0.717) is 39.0 Å². The Morgan fingerprint density at radius 1 is 1.00 bits per heavy atom. The van der Waals surface area contributed by atoms with Gasteiger partial charge in [-0.15, -0.1) is 0 Å². The van der Waals surface area contributed by atoms with E-state index in [-0.39, 0.29) is 10.5 Å². The van der Waals surface area contributed by atoms with E-state index in [2.05, 4.69) is 21.5 Å². The molecule has 0 aliphatic rings. The number of hydrogen-bond acceptors (Lipinski definition) is 5. The molecule has 0 bridgehead atoms. The van der Waals surface area contributed by atoms with Crippen LogP contribution in [0.25, 0.3) is 10.9 Å². The third kappa shape index (κ3) is 4.56. The number of hydrogen-bond donors (Lipinski definition) is 2. The third-order valence-electron chi connectivity index (χ3n) is 5.18. The summed E-state index contributed by atoms with van der Waals surface area (Å²) in [4.78, 5) is 15.4. The second kappa shape index (κ2) is 9.25. The van der Waals surface area contributed by atoms with Crippen LogP contribution in [0.1, 0.15) is 27.0 Å². The number of nitrogens with zero attached hydrogens (tertiary/aromatic N) is 1. The summed E-state index contributed by atoms with van der Waals surface area (Å²) in [5, 5.41) is 9.71. The quantitative estimate of drug-likeness (QED) is 0.416. The Bertz CT molecular complexity index is 1580. The van der Waals surface area contributed by atoms with Crippen molar-refractivity contribution in [1.82, 2.24) is 4.98 Å². The number of carbonyl (C=O) groups is 1. The molecule has 0 amide bonds. The minimum Gasteiger partial charge on any atom is -0.496 e. The number of para-hydroxylation sites is 1. The lowest BCUT2D eigenvalue weighted by molar-refractivity contribution is 0.0696. The molecule has 4 aromatic rings. The van der Waals surface area contributed by atoms with Gasteiger partial charge in [0, 0.05) is 22.7 Å². The fraction of sp³-hybridized carbons (Fsp3) is 0.0769. The van der Waals surface area contributed by atoms with Gasteiger partial charge in [-0.2, -0.15) is 0 Å². The monoisotopic (exact) mass is 472 g/mol. The highest BCUT2D eigenvalue weighted by atomic mass is 32.2. The van der Waals surface area contributed by atoms with Crippen molar-refractivity contribution in [3.63, 3.8) is 0 Å². The van der Waals surface area contributed by atoms with Crippen LogP contribution in [0.4, 0.5) is 5.69 Å². The Hall–Kier alpha value is -4.35. The number of ether oxygens (including phenoxy) is 1. The molecule has 0 spiro atoms. The van der Waals surface area contributed by atoms with Gasteiger partial charge in [0.05, 0.1) is 23.9 Å². The summed E-state index contributed by atoms with van der Waals surface area (Å²) < 4.78 is 34.6. The van der Waals surface area contributed by atoms with Gasteiger partial charge in [-0.05, 0) is 67.1 Å². The lowest BCUT2D eigenvalue weighted by Crippen LogP contribution is -2.14. The van der Waals surface area contributed by atoms with Crippen molar-refractivity contribution in [2.45, 2.75) is 11.8 Å². The number of aromatic carboxylic acids is 1. The van der Waals surface area contributed by atoms with Gasteiger partial charge in [0.1, 0.15) is 10.6 Å². The molecule has 0 radical (unpaired) electrons. The average molecular weight is 473 g/mol. The van der Waals surface area contributed by atoms with Crippen LogP contribution in [-0.4, -0.2) is 31.6 Å². The normalized spacial score (nSPS) is 10.9. The second-order valence-corrected chi connectivity index (χ2v) is 9.05. The fourth-order valence-electron chi connectivity index (χ4n) is 3.47. The molecular formula is C26H20N2O5S. The Kier molecular flexibility index (Phi) is 6.21. The van der Waals surface area contributed by atoms with Crippen LogP contribution in [0, 0.1) is 18.8 Å². The number of aromatic nitrogens is 1. The Morgan fingerprint density at radius 3 is 2.50 bits per heavy atom. The lowest BCUT2D eigenvalue weighted by atomic mass is 10.0. The van der Waals surface area contributed by atoms with Crippen LogP contribution in [0.3, 0.4) is 0 Å². The van der Waals surface area contributed by atoms with Crippen LogP contribution in [-0.2, 0) is 10.0 Å². The maximum atomic E-state index is 13.3. The summed E-state index contributed by atoms with van der Waals surface area (Å²) in [5.74, 6) is 5.50. The molecule has 1 aromatic heterocycles. The highest BCUT2D eigenvalue weighted by Crippen LogP contribution is 2.30. The molecule has 0 aliphatic heterocycles. The molecule has 3 aromatic carbocycles. The van der Waals surface area contributed by atoms with Gasteiger partial charge in [0.15, 0.2) is 0 Å². The van der Waals surface area contributed by atoms with E-state index in [0.717, 1.165) is 0 Å². The molecule has 7 nitrogen and oxygen atoms in total. The van der Waals surface area contributed by atoms with E-state index in [1.54, 1.807) is 61.5 Å². The molecule has 0 aliphatic carbocycles. The standard InChI is InChI=1S/C26H20N2O5S/c1-17-16-20(26(29)30)12-10-18(17)9-11-19-6-3-4-8-22(19)28-34(31,32)24-14-13-23(33-2)21-7-5-15-27-25(21)24/h3-8,10,12-16,28H,1-2H3,(H,29,30). The van der Waals surface area contributed by atoms with E-state index in [9.17, 15) is 13.2 Å². The minimum atomic E-state index is -3.99. The topological polar surface area (TPSA) is 106 Å². The van der Waals surface area contributed by atoms with Gasteiger partial charge >= 0.3 is 5.97 Å². The van der Waals surface area contributed by atoms with Gasteiger partial charge in [-0.1, -0.05) is 24.0 Å². The Morgan fingerprint density at radius 2 is 1.76 bits per heavy atom. The van der Waals surface area contributed by atoms with Crippen molar-refractivity contribution in [1.29, 1.82) is 0 Å². The zero-order chi connectivity index (χ0) is 24.3. The fourth-order valence-corrected chi connectivity index (χ4v) is 4.71. The number of fused-ring (bicyclic) bond motifs is 1. The summed E-state index contributed by atoms with van der Waals surface area (Å²) in [6.45, 7) is 1.77. The lowest BCUT2D eigenvalue weighted by Gasteiger charge is -2.13.